The molecule has 0 bridgehead atoms. The van der Waals surface area contributed by atoms with E-state index in [1.54, 1.807) is 0 Å². The largest absolute Gasteiger partial charge is 0.455 e. The number of fused-ring (bicyclic) bond motifs is 5. The van der Waals surface area contributed by atoms with Gasteiger partial charge < -0.3 is 14.2 Å². The third-order valence-corrected chi connectivity index (χ3v) is 8.80. The zero-order valence-electron chi connectivity index (χ0n) is 24.5. The molecule has 8 aromatic rings. The lowest BCUT2D eigenvalue weighted by Gasteiger charge is -2.40. The van der Waals surface area contributed by atoms with Crippen molar-refractivity contribution in [3.05, 3.63) is 170 Å². The highest BCUT2D eigenvalue weighted by molar-refractivity contribution is 6.09. The maximum atomic E-state index is 6.35. The molecule has 0 unspecified atom stereocenters. The van der Waals surface area contributed by atoms with E-state index in [-0.39, 0.29) is 0 Å². The fraction of sp³-hybridized carbons (Fsp3) is 0. The van der Waals surface area contributed by atoms with Crippen molar-refractivity contribution < 1.29 is 4.42 Å². The molecule has 0 spiro atoms. The molecule has 1 aromatic heterocycles. The fourth-order valence-electron chi connectivity index (χ4n) is 6.70. The second-order valence-electron chi connectivity index (χ2n) is 11.4. The van der Waals surface area contributed by atoms with Crippen molar-refractivity contribution in [2.45, 2.75) is 0 Å². The summed E-state index contributed by atoms with van der Waals surface area (Å²) >= 11 is 0. The van der Waals surface area contributed by atoms with Gasteiger partial charge in [0.15, 0.2) is 0 Å². The topological polar surface area (TPSA) is 19.6 Å². The number of furan rings is 1. The van der Waals surface area contributed by atoms with Gasteiger partial charge in [-0.3, -0.25) is 0 Å². The molecule has 0 amide bonds. The Bertz CT molecular complexity index is 2270. The second-order valence-corrected chi connectivity index (χ2v) is 11.4. The first kappa shape index (κ1) is 25.4. The highest BCUT2D eigenvalue weighted by Crippen LogP contribution is 2.54. The molecule has 9 rings (SSSR count). The number of hydrogen-bond donors (Lipinski definition) is 0. The zero-order valence-corrected chi connectivity index (χ0v) is 24.5. The fourth-order valence-corrected chi connectivity index (χ4v) is 6.70. The van der Waals surface area contributed by atoms with E-state index >= 15 is 0 Å². The molecule has 212 valence electrons. The molecule has 3 nitrogen and oxygen atoms in total. The van der Waals surface area contributed by atoms with Crippen LogP contribution in [0.15, 0.2) is 174 Å². The summed E-state index contributed by atoms with van der Waals surface area (Å²) in [4.78, 5) is 4.73. The minimum absolute atomic E-state index is 0.914. The molecular formula is C42H28N2O. The molecule has 0 saturated carbocycles. The van der Waals surface area contributed by atoms with E-state index in [0.29, 0.717) is 0 Å². The van der Waals surface area contributed by atoms with Crippen LogP contribution in [0.25, 0.3) is 44.2 Å². The van der Waals surface area contributed by atoms with Gasteiger partial charge in [0.2, 0.25) is 0 Å². The number of hydrogen-bond acceptors (Lipinski definition) is 3. The first-order chi connectivity index (χ1) is 22.3. The lowest BCUT2D eigenvalue weighted by molar-refractivity contribution is 0.670. The van der Waals surface area contributed by atoms with Crippen molar-refractivity contribution in [3.63, 3.8) is 0 Å². The van der Waals surface area contributed by atoms with Gasteiger partial charge >= 0.3 is 0 Å². The van der Waals surface area contributed by atoms with Crippen molar-refractivity contribution in [3.8, 4) is 22.3 Å². The van der Waals surface area contributed by atoms with E-state index < -0.39 is 0 Å². The molecule has 45 heavy (non-hydrogen) atoms. The normalized spacial score (nSPS) is 12.4. The summed E-state index contributed by atoms with van der Waals surface area (Å²) in [6.45, 7) is 0. The maximum absolute atomic E-state index is 6.35. The monoisotopic (exact) mass is 576 g/mol. The van der Waals surface area contributed by atoms with E-state index in [0.717, 1.165) is 67.2 Å². The molecule has 3 heteroatoms. The van der Waals surface area contributed by atoms with Crippen LogP contribution in [0.4, 0.5) is 34.1 Å². The quantitative estimate of drug-likeness (QED) is 0.208. The summed E-state index contributed by atoms with van der Waals surface area (Å²) < 4.78 is 6.35. The summed E-state index contributed by atoms with van der Waals surface area (Å²) in [5.41, 5.74) is 13.3. The van der Waals surface area contributed by atoms with E-state index in [1.165, 1.54) is 11.1 Å². The lowest BCUT2D eigenvalue weighted by atomic mass is 10.0. The molecule has 0 radical (unpaired) electrons. The summed E-state index contributed by atoms with van der Waals surface area (Å²) in [6, 6.07) is 60.2. The van der Waals surface area contributed by atoms with Crippen molar-refractivity contribution in [1.82, 2.24) is 0 Å². The second kappa shape index (κ2) is 10.3. The summed E-state index contributed by atoms with van der Waals surface area (Å²) in [5.74, 6) is 0. The van der Waals surface area contributed by atoms with Crippen LogP contribution in [0.3, 0.4) is 0 Å². The van der Waals surface area contributed by atoms with Crippen LogP contribution < -0.4 is 9.80 Å². The van der Waals surface area contributed by atoms with Gasteiger partial charge in [0.05, 0.1) is 22.7 Å². The van der Waals surface area contributed by atoms with Gasteiger partial charge in [-0.2, -0.15) is 0 Å². The van der Waals surface area contributed by atoms with Gasteiger partial charge in [-0.15, -0.1) is 0 Å². The van der Waals surface area contributed by atoms with Gasteiger partial charge in [-0.05, 0) is 71.3 Å². The van der Waals surface area contributed by atoms with Crippen molar-refractivity contribution in [2.75, 3.05) is 9.80 Å². The molecule has 0 atom stereocenters. The van der Waals surface area contributed by atoms with Crippen molar-refractivity contribution in [1.29, 1.82) is 0 Å². The number of para-hydroxylation sites is 6. The molecular weight excluding hydrogens is 548 g/mol. The van der Waals surface area contributed by atoms with Crippen LogP contribution in [0.5, 0.6) is 0 Å². The Hall–Kier alpha value is -6.06. The Labute approximate surface area is 261 Å². The van der Waals surface area contributed by atoms with Crippen LogP contribution in [-0.2, 0) is 0 Å². The molecule has 2 heterocycles. The summed E-state index contributed by atoms with van der Waals surface area (Å²) in [7, 11) is 0. The van der Waals surface area contributed by atoms with Gasteiger partial charge in [-0.25, -0.2) is 0 Å². The van der Waals surface area contributed by atoms with E-state index in [2.05, 4.69) is 168 Å². The van der Waals surface area contributed by atoms with Crippen LogP contribution in [-0.4, -0.2) is 0 Å². The average Bonchev–Trinajstić information content (AvgIpc) is 3.50. The first-order valence-electron chi connectivity index (χ1n) is 15.3. The molecule has 0 saturated heterocycles. The molecule has 0 N–H and O–H groups in total. The van der Waals surface area contributed by atoms with Gasteiger partial charge in [0, 0.05) is 27.7 Å². The third-order valence-electron chi connectivity index (χ3n) is 8.80. The Morgan fingerprint density at radius 3 is 1.40 bits per heavy atom. The first-order valence-corrected chi connectivity index (χ1v) is 15.3. The number of rotatable bonds is 4. The number of anilines is 6. The highest BCUT2D eigenvalue weighted by Gasteiger charge is 2.30. The molecule has 1 aliphatic heterocycles. The minimum Gasteiger partial charge on any atom is -0.455 e. The van der Waals surface area contributed by atoms with Crippen LogP contribution >= 0.6 is 0 Å². The number of benzene rings is 7. The summed E-state index contributed by atoms with van der Waals surface area (Å²) in [5, 5.41) is 2.29. The molecule has 0 aliphatic carbocycles. The highest BCUT2D eigenvalue weighted by atomic mass is 16.3. The van der Waals surface area contributed by atoms with Gasteiger partial charge in [-0.1, -0.05) is 115 Å². The molecule has 0 fully saturated rings. The standard InChI is InChI=1S/C42H28N2O/c1-2-11-29(12-3-1)30-21-25-32(26-22-30)43-37-16-5-7-18-39(37)44(40-19-8-6-17-38(40)43)33-27-23-31(24-28-33)34-14-10-15-36-35-13-4-9-20-41(35)45-42(34)36/h1-28H. The van der Waals surface area contributed by atoms with Crippen LogP contribution in [0, 0.1) is 0 Å². The van der Waals surface area contributed by atoms with Gasteiger partial charge in [0.25, 0.3) is 0 Å². The van der Waals surface area contributed by atoms with Crippen molar-refractivity contribution in [2.24, 2.45) is 0 Å². The summed E-state index contributed by atoms with van der Waals surface area (Å²) in [6.07, 6.45) is 0. The molecule has 7 aromatic carbocycles. The zero-order chi connectivity index (χ0) is 29.7. The van der Waals surface area contributed by atoms with Gasteiger partial charge in [0.1, 0.15) is 11.2 Å². The predicted octanol–water partition coefficient (Wildman–Crippen LogP) is 12.2. The smallest absolute Gasteiger partial charge is 0.143 e. The van der Waals surface area contributed by atoms with E-state index in [1.807, 2.05) is 12.1 Å². The third kappa shape index (κ3) is 4.13. The Morgan fingerprint density at radius 2 is 0.800 bits per heavy atom. The average molecular weight is 577 g/mol. The van der Waals surface area contributed by atoms with Crippen molar-refractivity contribution >= 4 is 56.1 Å². The minimum atomic E-state index is 0.914. The molecule has 1 aliphatic rings. The van der Waals surface area contributed by atoms with E-state index in [9.17, 15) is 0 Å². The van der Waals surface area contributed by atoms with Crippen LogP contribution in [0.2, 0.25) is 0 Å². The Balaban J connectivity index is 1.13. The Kier molecular flexibility index (Phi) is 5.82. The number of nitrogens with zero attached hydrogens (tertiary/aromatic N) is 2. The Morgan fingerprint density at radius 1 is 0.333 bits per heavy atom. The maximum Gasteiger partial charge on any atom is 0.143 e. The predicted molar refractivity (Wildman–Crippen MR) is 188 cm³/mol. The van der Waals surface area contributed by atoms with Crippen LogP contribution in [0.1, 0.15) is 0 Å². The lowest BCUT2D eigenvalue weighted by Crippen LogP contribution is -2.23. The SMILES string of the molecule is c1ccc(-c2ccc(N3c4ccccc4N(c4ccc(-c5cccc6c5oc5ccccc56)cc4)c4ccccc43)cc2)cc1. The van der Waals surface area contributed by atoms with E-state index in [4.69, 9.17) is 4.42 Å².